The number of carbonyl (C=O) groups is 1. The Morgan fingerprint density at radius 2 is 2.04 bits per heavy atom. The van der Waals surface area contributed by atoms with E-state index in [0.29, 0.717) is 12.2 Å². The zero-order valence-corrected chi connectivity index (χ0v) is 15.9. The number of nitrogens with one attached hydrogen (secondary N) is 1. The molecule has 3 N–H and O–H groups in total. The van der Waals surface area contributed by atoms with Crippen molar-refractivity contribution >= 4 is 34.0 Å². The number of hydrogen-bond donors (Lipinski definition) is 2. The first-order valence-corrected chi connectivity index (χ1v) is 9.33. The normalized spacial score (nSPS) is 20.1. The van der Waals surface area contributed by atoms with Gasteiger partial charge in [-0.05, 0) is 44.4 Å². The topological polar surface area (TPSA) is 92.5 Å². The Morgan fingerprint density at radius 3 is 2.62 bits per heavy atom. The fourth-order valence-corrected chi connectivity index (χ4v) is 4.78. The minimum Gasteiger partial charge on any atom is -0.326 e. The maximum atomic E-state index is 13.0. The Morgan fingerprint density at radius 1 is 1.38 bits per heavy atom. The lowest BCUT2D eigenvalue weighted by atomic mass is 10.00. The number of nitrogens with two attached hydrogens (primary N) is 1. The number of nitrogens with zero attached hydrogens (tertiary/aromatic N) is 1. The average Bonchev–Trinajstić information content (AvgIpc) is 2.48. The molecule has 1 aromatic carbocycles. The zero-order chi connectivity index (χ0) is 17.2. The third kappa shape index (κ3) is 4.47. The first-order chi connectivity index (χ1) is 10.7. The molecule has 1 amide bonds. The molecular weight excluding hydrogens is 350 g/mol. The quantitative estimate of drug-likeness (QED) is 0.844. The number of sulfonamides is 1. The number of amides is 1. The Kier molecular flexibility index (Phi) is 7.22. The first kappa shape index (κ1) is 20.9. The van der Waals surface area contributed by atoms with E-state index in [1.807, 2.05) is 13.8 Å². The third-order valence-corrected chi connectivity index (χ3v) is 6.15. The molecule has 8 heteroatoms. The number of hydrogen-bond acceptors (Lipinski definition) is 4. The fraction of sp³-hybridized carbons (Fsp3) is 0.562. The highest BCUT2D eigenvalue weighted by Crippen LogP contribution is 2.29. The monoisotopic (exact) mass is 375 g/mol. The number of anilines is 1. The predicted octanol–water partition coefficient (Wildman–Crippen LogP) is 2.27. The van der Waals surface area contributed by atoms with Gasteiger partial charge in [-0.15, -0.1) is 12.4 Å². The summed E-state index contributed by atoms with van der Waals surface area (Å²) in [6, 6.07) is 4.43. The van der Waals surface area contributed by atoms with Crippen LogP contribution in [0, 0.1) is 6.92 Å². The van der Waals surface area contributed by atoms with Gasteiger partial charge in [-0.25, -0.2) is 8.42 Å². The van der Waals surface area contributed by atoms with Crippen molar-refractivity contribution in [2.45, 2.75) is 57.0 Å². The summed E-state index contributed by atoms with van der Waals surface area (Å²) in [5.41, 5.74) is 7.33. The van der Waals surface area contributed by atoms with Crippen molar-refractivity contribution in [3.8, 4) is 0 Å². The average molecular weight is 376 g/mol. The van der Waals surface area contributed by atoms with Crippen LogP contribution < -0.4 is 11.1 Å². The minimum absolute atomic E-state index is 0. The van der Waals surface area contributed by atoms with E-state index in [1.165, 1.54) is 17.3 Å². The number of benzene rings is 1. The second-order valence-corrected chi connectivity index (χ2v) is 8.09. The predicted molar refractivity (Wildman–Crippen MR) is 97.9 cm³/mol. The summed E-state index contributed by atoms with van der Waals surface area (Å²) >= 11 is 0. The molecule has 0 aliphatic carbocycles. The number of carbonyl (C=O) groups excluding carboxylic acids is 1. The smallest absolute Gasteiger partial charge is 0.243 e. The molecule has 1 aromatic rings. The molecule has 2 atom stereocenters. The Bertz CT molecular complexity index is 692. The van der Waals surface area contributed by atoms with Crippen LogP contribution in [0.1, 0.15) is 38.7 Å². The Hall–Kier alpha value is -1.15. The zero-order valence-electron chi connectivity index (χ0n) is 14.3. The molecule has 0 spiro atoms. The Balaban J connectivity index is 0.00000288. The molecule has 1 aliphatic heterocycles. The van der Waals surface area contributed by atoms with Crippen molar-refractivity contribution in [1.82, 2.24) is 4.31 Å². The standard InChI is InChI=1S/C16H25N3O3S.ClH/c1-11-7-8-14(10-15(11)18-13(3)20)23(21,22)19-9-5-4-6-16(19)12(2)17;/h7-8,10,12,16H,4-6,9,17H2,1-3H3,(H,18,20);1H. The molecule has 1 heterocycles. The molecule has 0 saturated carbocycles. The molecule has 0 aromatic heterocycles. The summed E-state index contributed by atoms with van der Waals surface area (Å²) in [7, 11) is -3.63. The fourth-order valence-electron chi connectivity index (χ4n) is 2.98. The van der Waals surface area contributed by atoms with Gasteiger partial charge in [-0.3, -0.25) is 4.79 Å². The molecule has 136 valence electrons. The van der Waals surface area contributed by atoms with Crippen LogP contribution in [0.25, 0.3) is 0 Å². The van der Waals surface area contributed by atoms with Crippen molar-refractivity contribution in [3.63, 3.8) is 0 Å². The van der Waals surface area contributed by atoms with Gasteiger partial charge in [0.1, 0.15) is 0 Å². The highest BCUT2D eigenvalue weighted by atomic mass is 35.5. The van der Waals surface area contributed by atoms with Crippen LogP contribution in [-0.4, -0.2) is 37.3 Å². The lowest BCUT2D eigenvalue weighted by Gasteiger charge is -2.37. The molecule has 24 heavy (non-hydrogen) atoms. The molecule has 1 saturated heterocycles. The van der Waals surface area contributed by atoms with E-state index in [-0.39, 0.29) is 35.3 Å². The maximum absolute atomic E-state index is 13.0. The molecule has 0 radical (unpaired) electrons. The Labute approximate surface area is 150 Å². The highest BCUT2D eigenvalue weighted by Gasteiger charge is 2.35. The number of rotatable bonds is 4. The molecule has 1 fully saturated rings. The third-order valence-electron chi connectivity index (χ3n) is 4.23. The van der Waals surface area contributed by atoms with Crippen molar-refractivity contribution in [1.29, 1.82) is 0 Å². The summed E-state index contributed by atoms with van der Waals surface area (Å²) < 4.78 is 27.5. The number of halogens is 1. The SMILES string of the molecule is CC(=O)Nc1cc(S(=O)(=O)N2CCCCC2C(C)N)ccc1C.Cl. The van der Waals surface area contributed by atoms with Crippen molar-refractivity contribution in [2.24, 2.45) is 5.73 Å². The summed E-state index contributed by atoms with van der Waals surface area (Å²) in [6.45, 7) is 5.55. The van der Waals surface area contributed by atoms with Gasteiger partial charge >= 0.3 is 0 Å². The van der Waals surface area contributed by atoms with Crippen LogP contribution in [0.2, 0.25) is 0 Å². The lowest BCUT2D eigenvalue weighted by Crippen LogP contribution is -2.51. The number of aryl methyl sites for hydroxylation is 1. The van der Waals surface area contributed by atoms with Crippen LogP contribution in [0.15, 0.2) is 23.1 Å². The van der Waals surface area contributed by atoms with Gasteiger partial charge in [0.2, 0.25) is 15.9 Å². The highest BCUT2D eigenvalue weighted by molar-refractivity contribution is 7.89. The summed E-state index contributed by atoms with van der Waals surface area (Å²) in [4.78, 5) is 11.5. The largest absolute Gasteiger partial charge is 0.326 e. The van der Waals surface area contributed by atoms with Gasteiger partial charge < -0.3 is 11.1 Å². The molecule has 1 aliphatic rings. The van der Waals surface area contributed by atoms with Gasteiger partial charge in [0.25, 0.3) is 0 Å². The van der Waals surface area contributed by atoms with E-state index < -0.39 is 10.0 Å². The van der Waals surface area contributed by atoms with E-state index in [0.717, 1.165) is 24.8 Å². The second-order valence-electron chi connectivity index (χ2n) is 6.20. The van der Waals surface area contributed by atoms with Crippen LogP contribution in [0.5, 0.6) is 0 Å². The van der Waals surface area contributed by atoms with E-state index in [9.17, 15) is 13.2 Å². The van der Waals surface area contributed by atoms with Gasteiger partial charge in [0.15, 0.2) is 0 Å². The summed E-state index contributed by atoms with van der Waals surface area (Å²) in [5, 5.41) is 2.68. The number of piperidine rings is 1. The van der Waals surface area contributed by atoms with Crippen molar-refractivity contribution in [2.75, 3.05) is 11.9 Å². The molecule has 2 rings (SSSR count). The van der Waals surface area contributed by atoms with Crippen molar-refractivity contribution in [3.05, 3.63) is 23.8 Å². The van der Waals surface area contributed by atoms with Crippen LogP contribution in [-0.2, 0) is 14.8 Å². The summed E-state index contributed by atoms with van der Waals surface area (Å²) in [5.74, 6) is -0.228. The first-order valence-electron chi connectivity index (χ1n) is 7.89. The van der Waals surface area contributed by atoms with E-state index >= 15 is 0 Å². The van der Waals surface area contributed by atoms with Crippen LogP contribution in [0.4, 0.5) is 5.69 Å². The second kappa shape index (κ2) is 8.29. The van der Waals surface area contributed by atoms with Crippen LogP contribution >= 0.6 is 12.4 Å². The van der Waals surface area contributed by atoms with Gasteiger partial charge in [0.05, 0.1) is 4.90 Å². The minimum atomic E-state index is -3.63. The van der Waals surface area contributed by atoms with E-state index in [2.05, 4.69) is 5.32 Å². The molecular formula is C16H26ClN3O3S. The molecule has 6 nitrogen and oxygen atoms in total. The van der Waals surface area contributed by atoms with Gasteiger partial charge in [-0.2, -0.15) is 4.31 Å². The van der Waals surface area contributed by atoms with Crippen molar-refractivity contribution < 1.29 is 13.2 Å². The van der Waals surface area contributed by atoms with E-state index in [4.69, 9.17) is 5.73 Å². The van der Waals surface area contributed by atoms with E-state index in [1.54, 1.807) is 12.1 Å². The molecule has 0 bridgehead atoms. The van der Waals surface area contributed by atoms with Gasteiger partial charge in [0, 0.05) is 31.2 Å². The lowest BCUT2D eigenvalue weighted by molar-refractivity contribution is -0.114. The summed E-state index contributed by atoms with van der Waals surface area (Å²) in [6.07, 6.45) is 2.61. The van der Waals surface area contributed by atoms with Gasteiger partial charge in [-0.1, -0.05) is 12.5 Å². The maximum Gasteiger partial charge on any atom is 0.243 e. The van der Waals surface area contributed by atoms with Crippen LogP contribution in [0.3, 0.4) is 0 Å². The molecule has 2 unspecified atom stereocenters.